The van der Waals surface area contributed by atoms with Crippen molar-refractivity contribution in [1.29, 1.82) is 0 Å². The number of anilines is 1. The summed E-state index contributed by atoms with van der Waals surface area (Å²) in [6, 6.07) is 9.75. The fourth-order valence-electron chi connectivity index (χ4n) is 4.27. The average Bonchev–Trinajstić information content (AvgIpc) is 3.21. The van der Waals surface area contributed by atoms with E-state index < -0.39 is 6.29 Å². The average molecular weight is 445 g/mol. The molecule has 2 aromatic carbocycles. The SMILES string of the molecule is Cn1cc2c(c1C(=O)Nc1ccc(-c3cc4c(cc3Cl)OC(F)(F)O4)cc1)CCCC2. The summed E-state index contributed by atoms with van der Waals surface area (Å²) in [6.07, 6.45) is 2.51. The van der Waals surface area contributed by atoms with Gasteiger partial charge in [0.15, 0.2) is 11.5 Å². The quantitative estimate of drug-likeness (QED) is 0.555. The molecule has 8 heteroatoms. The van der Waals surface area contributed by atoms with Gasteiger partial charge in [0.25, 0.3) is 5.91 Å². The molecule has 160 valence electrons. The number of carbonyl (C=O) groups is 1. The van der Waals surface area contributed by atoms with Crippen LogP contribution in [-0.4, -0.2) is 16.8 Å². The van der Waals surface area contributed by atoms with E-state index in [1.807, 2.05) is 17.8 Å². The Morgan fingerprint density at radius 2 is 1.77 bits per heavy atom. The molecule has 1 amide bonds. The summed E-state index contributed by atoms with van der Waals surface area (Å²) in [5.74, 6) is -0.328. The molecule has 0 fully saturated rings. The molecule has 1 aliphatic heterocycles. The number of nitrogens with zero attached hydrogens (tertiary/aromatic N) is 1. The summed E-state index contributed by atoms with van der Waals surface area (Å²) in [5.41, 5.74) is 4.92. The monoisotopic (exact) mass is 444 g/mol. The van der Waals surface area contributed by atoms with Crippen molar-refractivity contribution in [2.75, 3.05) is 5.32 Å². The number of aromatic nitrogens is 1. The fraction of sp³-hybridized carbons (Fsp3) is 0.261. The molecule has 5 nitrogen and oxygen atoms in total. The maximum absolute atomic E-state index is 13.3. The molecule has 31 heavy (non-hydrogen) atoms. The van der Waals surface area contributed by atoms with Crippen LogP contribution in [-0.2, 0) is 19.9 Å². The van der Waals surface area contributed by atoms with Gasteiger partial charge in [-0.3, -0.25) is 4.79 Å². The minimum absolute atomic E-state index is 0.0738. The lowest BCUT2D eigenvalue weighted by molar-refractivity contribution is -0.286. The van der Waals surface area contributed by atoms with E-state index in [9.17, 15) is 13.6 Å². The molecule has 5 rings (SSSR count). The predicted molar refractivity (Wildman–Crippen MR) is 113 cm³/mol. The number of alkyl halides is 2. The van der Waals surface area contributed by atoms with Crippen LogP contribution in [0.15, 0.2) is 42.6 Å². The molecule has 0 saturated carbocycles. The lowest BCUT2D eigenvalue weighted by Gasteiger charge is -2.13. The van der Waals surface area contributed by atoms with Crippen LogP contribution in [0.1, 0.15) is 34.5 Å². The second-order valence-electron chi connectivity index (χ2n) is 7.78. The zero-order valence-corrected chi connectivity index (χ0v) is 17.4. The Hall–Kier alpha value is -3.06. The van der Waals surface area contributed by atoms with Crippen molar-refractivity contribution in [2.45, 2.75) is 32.0 Å². The molecule has 1 aromatic heterocycles. The normalized spacial score (nSPS) is 16.1. The van der Waals surface area contributed by atoms with E-state index in [1.165, 1.54) is 17.7 Å². The molecule has 0 bridgehead atoms. The summed E-state index contributed by atoms with van der Waals surface area (Å²) in [7, 11) is 1.89. The van der Waals surface area contributed by atoms with E-state index in [0.717, 1.165) is 31.2 Å². The highest BCUT2D eigenvalue weighted by molar-refractivity contribution is 6.33. The van der Waals surface area contributed by atoms with E-state index >= 15 is 0 Å². The fourth-order valence-corrected chi connectivity index (χ4v) is 4.53. The maximum Gasteiger partial charge on any atom is 0.586 e. The van der Waals surface area contributed by atoms with Crippen LogP contribution in [0.25, 0.3) is 11.1 Å². The summed E-state index contributed by atoms with van der Waals surface area (Å²) >= 11 is 6.26. The number of hydrogen-bond acceptors (Lipinski definition) is 3. The molecule has 0 radical (unpaired) electrons. The minimum Gasteiger partial charge on any atom is -0.395 e. The van der Waals surface area contributed by atoms with Gasteiger partial charge in [0.2, 0.25) is 0 Å². The first-order chi connectivity index (χ1) is 14.8. The summed E-state index contributed by atoms with van der Waals surface area (Å²) in [6.45, 7) is 0. The Labute approximate surface area is 182 Å². The molecule has 2 aliphatic rings. The van der Waals surface area contributed by atoms with Crippen LogP contribution >= 0.6 is 11.6 Å². The Balaban J connectivity index is 1.37. The largest absolute Gasteiger partial charge is 0.586 e. The molecule has 2 heterocycles. The van der Waals surface area contributed by atoms with Gasteiger partial charge in [0, 0.05) is 30.6 Å². The zero-order chi connectivity index (χ0) is 21.8. The van der Waals surface area contributed by atoms with E-state index in [2.05, 4.69) is 14.8 Å². The second kappa shape index (κ2) is 7.27. The van der Waals surface area contributed by atoms with Crippen LogP contribution in [0.2, 0.25) is 5.02 Å². The number of nitrogens with one attached hydrogen (secondary N) is 1. The highest BCUT2D eigenvalue weighted by atomic mass is 35.5. The van der Waals surface area contributed by atoms with Gasteiger partial charge in [0.05, 0.1) is 5.02 Å². The van der Waals surface area contributed by atoms with E-state index in [0.29, 0.717) is 22.5 Å². The van der Waals surface area contributed by atoms with Gasteiger partial charge in [-0.2, -0.15) is 0 Å². The summed E-state index contributed by atoms with van der Waals surface area (Å²) in [5, 5.41) is 3.20. The maximum atomic E-state index is 13.3. The van der Waals surface area contributed by atoms with Gasteiger partial charge in [0.1, 0.15) is 5.69 Å². The molecule has 1 aliphatic carbocycles. The van der Waals surface area contributed by atoms with Crippen molar-refractivity contribution < 1.29 is 23.0 Å². The standard InChI is InChI=1S/C23H19ClF2N2O3/c1-28-12-14-4-2-3-5-16(14)21(28)22(29)27-15-8-6-13(7-9-15)17-10-19-20(11-18(17)24)31-23(25,26)30-19/h6-12H,2-5H2,1H3,(H,27,29). The lowest BCUT2D eigenvalue weighted by Crippen LogP contribution is -2.25. The first-order valence-electron chi connectivity index (χ1n) is 9.99. The highest BCUT2D eigenvalue weighted by Gasteiger charge is 2.43. The number of hydrogen-bond donors (Lipinski definition) is 1. The lowest BCUT2D eigenvalue weighted by atomic mass is 9.93. The third-order valence-corrected chi connectivity index (χ3v) is 5.97. The second-order valence-corrected chi connectivity index (χ2v) is 8.18. The van der Waals surface area contributed by atoms with E-state index in [1.54, 1.807) is 24.3 Å². The van der Waals surface area contributed by atoms with Gasteiger partial charge in [-0.05, 0) is 60.6 Å². The van der Waals surface area contributed by atoms with Gasteiger partial charge in [-0.25, -0.2) is 0 Å². The molecular formula is C23H19ClF2N2O3. The van der Waals surface area contributed by atoms with Gasteiger partial charge >= 0.3 is 6.29 Å². The number of aryl methyl sites for hydroxylation is 2. The van der Waals surface area contributed by atoms with E-state index in [-0.39, 0.29) is 22.4 Å². The molecule has 0 atom stereocenters. The Morgan fingerprint density at radius 1 is 1.10 bits per heavy atom. The smallest absolute Gasteiger partial charge is 0.395 e. The minimum atomic E-state index is -3.70. The van der Waals surface area contributed by atoms with Crippen molar-refractivity contribution in [3.63, 3.8) is 0 Å². The number of fused-ring (bicyclic) bond motifs is 2. The van der Waals surface area contributed by atoms with Crippen LogP contribution in [0.4, 0.5) is 14.5 Å². The third kappa shape index (κ3) is 3.63. The highest BCUT2D eigenvalue weighted by Crippen LogP contribution is 2.46. The number of amides is 1. The number of rotatable bonds is 3. The summed E-state index contributed by atoms with van der Waals surface area (Å²) in [4.78, 5) is 12.9. The molecule has 0 spiro atoms. The van der Waals surface area contributed by atoms with Gasteiger partial charge in [-0.1, -0.05) is 23.7 Å². The topological polar surface area (TPSA) is 52.5 Å². The molecule has 1 N–H and O–H groups in total. The molecule has 0 unspecified atom stereocenters. The zero-order valence-electron chi connectivity index (χ0n) is 16.7. The number of benzene rings is 2. The van der Waals surface area contributed by atoms with Crippen LogP contribution < -0.4 is 14.8 Å². The van der Waals surface area contributed by atoms with Gasteiger partial charge in [-0.15, -0.1) is 8.78 Å². The molecule has 0 saturated heterocycles. The number of halogens is 3. The Bertz CT molecular complexity index is 1190. The Morgan fingerprint density at radius 3 is 2.52 bits per heavy atom. The predicted octanol–water partition coefficient (Wildman–Crippen LogP) is 5.80. The third-order valence-electron chi connectivity index (χ3n) is 5.66. The number of ether oxygens (including phenoxy) is 2. The van der Waals surface area contributed by atoms with Crippen molar-refractivity contribution in [1.82, 2.24) is 4.57 Å². The van der Waals surface area contributed by atoms with Crippen LogP contribution in [0.3, 0.4) is 0 Å². The van der Waals surface area contributed by atoms with Crippen molar-refractivity contribution in [3.8, 4) is 22.6 Å². The Kier molecular flexibility index (Phi) is 4.66. The van der Waals surface area contributed by atoms with Crippen molar-refractivity contribution >= 4 is 23.2 Å². The van der Waals surface area contributed by atoms with Crippen LogP contribution in [0, 0.1) is 0 Å². The summed E-state index contributed by atoms with van der Waals surface area (Å²) < 4.78 is 37.4. The van der Waals surface area contributed by atoms with Gasteiger partial charge < -0.3 is 19.4 Å². The molecule has 3 aromatic rings. The number of carbonyl (C=O) groups excluding carboxylic acids is 1. The van der Waals surface area contributed by atoms with Crippen molar-refractivity contribution in [3.05, 3.63) is 64.4 Å². The van der Waals surface area contributed by atoms with Crippen molar-refractivity contribution in [2.24, 2.45) is 7.05 Å². The van der Waals surface area contributed by atoms with Crippen LogP contribution in [0.5, 0.6) is 11.5 Å². The first-order valence-corrected chi connectivity index (χ1v) is 10.4. The molecular weight excluding hydrogens is 426 g/mol. The van der Waals surface area contributed by atoms with E-state index in [4.69, 9.17) is 11.6 Å². The first kappa shape index (κ1) is 19.9.